The second kappa shape index (κ2) is 8.64. The van der Waals surface area contributed by atoms with Crippen LogP contribution in [0.4, 0.5) is 5.69 Å². The van der Waals surface area contributed by atoms with E-state index in [1.54, 1.807) is 7.11 Å². The quantitative estimate of drug-likeness (QED) is 0.676. The van der Waals surface area contributed by atoms with E-state index in [-0.39, 0.29) is 18.5 Å². The number of hydrogen-bond acceptors (Lipinski definition) is 4. The van der Waals surface area contributed by atoms with E-state index in [9.17, 15) is 4.79 Å². The molecule has 1 aromatic rings. The lowest BCUT2D eigenvalue weighted by Gasteiger charge is -2.30. The third kappa shape index (κ3) is 5.73. The number of ether oxygens (including phenoxy) is 1. The van der Waals surface area contributed by atoms with Gasteiger partial charge in [0.1, 0.15) is 0 Å². The van der Waals surface area contributed by atoms with Gasteiger partial charge in [0, 0.05) is 31.9 Å². The van der Waals surface area contributed by atoms with Crippen molar-refractivity contribution in [3.8, 4) is 0 Å². The van der Waals surface area contributed by atoms with Crippen molar-refractivity contribution in [2.75, 3.05) is 31.7 Å². The summed E-state index contributed by atoms with van der Waals surface area (Å²) in [5, 5.41) is 3.35. The molecule has 0 atom stereocenters. The lowest BCUT2D eigenvalue weighted by molar-refractivity contribution is -0.116. The first-order valence-electron chi connectivity index (χ1n) is 7.29. The van der Waals surface area contributed by atoms with Crippen LogP contribution in [0.2, 0.25) is 0 Å². The molecule has 3 N–H and O–H groups in total. The Hall–Kier alpha value is -1.59. The molecule has 0 unspecified atom stereocenters. The number of rotatable bonds is 9. The van der Waals surface area contributed by atoms with Gasteiger partial charge >= 0.3 is 0 Å². The average Bonchev–Trinajstić information content (AvgIpc) is 2.41. The maximum Gasteiger partial charge on any atom is 0.236 e. The number of aryl methyl sites for hydroxylation is 1. The number of carbonyl (C=O) groups is 1. The van der Waals surface area contributed by atoms with Crippen LogP contribution in [-0.4, -0.2) is 38.8 Å². The van der Waals surface area contributed by atoms with E-state index in [0.29, 0.717) is 6.61 Å². The van der Waals surface area contributed by atoms with Gasteiger partial charge in [0.2, 0.25) is 5.91 Å². The smallest absolute Gasteiger partial charge is 0.236 e. The highest BCUT2D eigenvalue weighted by Gasteiger charge is 2.16. The fourth-order valence-corrected chi connectivity index (χ4v) is 2.25. The number of nitrogens with zero attached hydrogens (tertiary/aromatic N) is 1. The average molecular weight is 293 g/mol. The predicted octanol–water partition coefficient (Wildman–Crippen LogP) is 1.43. The van der Waals surface area contributed by atoms with Gasteiger partial charge in [0.05, 0.1) is 13.2 Å². The minimum atomic E-state index is -0.317. The Morgan fingerprint density at radius 3 is 2.71 bits per heavy atom. The van der Waals surface area contributed by atoms with Gasteiger partial charge in [-0.15, -0.1) is 0 Å². The van der Waals surface area contributed by atoms with Crippen LogP contribution in [0, 0.1) is 6.92 Å². The van der Waals surface area contributed by atoms with Crippen LogP contribution in [0.1, 0.15) is 25.0 Å². The number of methoxy groups -OCH3 is 1. The Bertz CT molecular complexity index is 461. The largest absolute Gasteiger partial charge is 0.383 e. The molecule has 0 heterocycles. The van der Waals surface area contributed by atoms with Gasteiger partial charge in [-0.05, 0) is 32.4 Å². The lowest BCUT2D eigenvalue weighted by Crippen LogP contribution is -2.39. The maximum atomic E-state index is 11.3. The summed E-state index contributed by atoms with van der Waals surface area (Å²) in [4.78, 5) is 13.4. The van der Waals surface area contributed by atoms with Crippen molar-refractivity contribution in [1.82, 2.24) is 5.32 Å². The van der Waals surface area contributed by atoms with Gasteiger partial charge in [0.25, 0.3) is 0 Å². The third-order valence-corrected chi connectivity index (χ3v) is 3.29. The third-order valence-electron chi connectivity index (χ3n) is 3.29. The minimum Gasteiger partial charge on any atom is -0.383 e. The highest BCUT2D eigenvalue weighted by Crippen LogP contribution is 2.23. The second-order valence-electron chi connectivity index (χ2n) is 5.49. The molecule has 5 heteroatoms. The number of anilines is 1. The molecule has 0 fully saturated rings. The molecule has 0 aromatic heterocycles. The van der Waals surface area contributed by atoms with Crippen molar-refractivity contribution in [3.63, 3.8) is 0 Å². The van der Waals surface area contributed by atoms with Crippen LogP contribution in [0.15, 0.2) is 18.2 Å². The molecule has 1 amide bonds. The molecule has 0 aliphatic heterocycles. The van der Waals surface area contributed by atoms with Crippen LogP contribution >= 0.6 is 0 Å². The number of carbonyl (C=O) groups excluding carboxylic acids is 1. The molecule has 0 aliphatic carbocycles. The molecular formula is C16H27N3O2. The van der Waals surface area contributed by atoms with Crippen LogP contribution in [0.25, 0.3) is 0 Å². The van der Waals surface area contributed by atoms with Crippen LogP contribution in [-0.2, 0) is 16.1 Å². The van der Waals surface area contributed by atoms with Crippen molar-refractivity contribution in [3.05, 3.63) is 29.3 Å². The Morgan fingerprint density at radius 1 is 1.43 bits per heavy atom. The minimum absolute atomic E-state index is 0.206. The Morgan fingerprint density at radius 2 is 2.14 bits per heavy atom. The SMILES string of the molecule is COCCNCc1cc(C)ccc1N(CC(N)=O)C(C)C. The molecule has 5 nitrogen and oxygen atoms in total. The first kappa shape index (κ1) is 17.5. The van der Waals surface area contributed by atoms with Crippen molar-refractivity contribution < 1.29 is 9.53 Å². The Labute approximate surface area is 127 Å². The Kier molecular flexibility index (Phi) is 7.19. The fourth-order valence-electron chi connectivity index (χ4n) is 2.25. The van der Waals surface area contributed by atoms with Crippen molar-refractivity contribution in [2.24, 2.45) is 5.73 Å². The van der Waals surface area contributed by atoms with Crippen molar-refractivity contribution >= 4 is 11.6 Å². The van der Waals surface area contributed by atoms with E-state index in [1.807, 2.05) is 4.90 Å². The lowest BCUT2D eigenvalue weighted by atomic mass is 10.1. The van der Waals surface area contributed by atoms with Crippen LogP contribution in [0.3, 0.4) is 0 Å². The summed E-state index contributed by atoms with van der Waals surface area (Å²) in [7, 11) is 1.69. The highest BCUT2D eigenvalue weighted by atomic mass is 16.5. The van der Waals surface area contributed by atoms with E-state index in [0.717, 1.165) is 18.8 Å². The molecule has 118 valence electrons. The molecule has 1 rings (SSSR count). The normalized spacial score (nSPS) is 10.9. The number of hydrogen-bond donors (Lipinski definition) is 2. The topological polar surface area (TPSA) is 67.6 Å². The van der Waals surface area contributed by atoms with Gasteiger partial charge in [-0.3, -0.25) is 4.79 Å². The van der Waals surface area contributed by atoms with Gasteiger partial charge in [-0.25, -0.2) is 0 Å². The van der Waals surface area contributed by atoms with Gasteiger partial charge in [-0.2, -0.15) is 0 Å². The summed E-state index contributed by atoms with van der Waals surface area (Å²) in [5.41, 5.74) is 8.80. The summed E-state index contributed by atoms with van der Waals surface area (Å²) in [5.74, 6) is -0.317. The molecule has 0 spiro atoms. The molecule has 1 aromatic carbocycles. The monoisotopic (exact) mass is 293 g/mol. The van der Waals surface area contributed by atoms with E-state index >= 15 is 0 Å². The maximum absolute atomic E-state index is 11.3. The number of nitrogens with two attached hydrogens (primary N) is 1. The Balaban J connectivity index is 2.94. The zero-order valence-electron chi connectivity index (χ0n) is 13.5. The van der Waals surface area contributed by atoms with Crippen LogP contribution in [0.5, 0.6) is 0 Å². The fraction of sp³-hybridized carbons (Fsp3) is 0.562. The number of amides is 1. The predicted molar refractivity (Wildman–Crippen MR) is 86.4 cm³/mol. The molecular weight excluding hydrogens is 266 g/mol. The van der Waals surface area contributed by atoms with Gasteiger partial charge < -0.3 is 20.7 Å². The van der Waals surface area contributed by atoms with E-state index in [4.69, 9.17) is 10.5 Å². The zero-order chi connectivity index (χ0) is 15.8. The number of primary amides is 1. The van der Waals surface area contributed by atoms with E-state index in [1.165, 1.54) is 11.1 Å². The summed E-state index contributed by atoms with van der Waals surface area (Å²) in [6.45, 7) is 8.62. The number of benzene rings is 1. The van der Waals surface area contributed by atoms with Crippen LogP contribution < -0.4 is 16.0 Å². The molecule has 0 saturated carbocycles. The summed E-state index contributed by atoms with van der Waals surface area (Å²) >= 11 is 0. The molecule has 21 heavy (non-hydrogen) atoms. The summed E-state index contributed by atoms with van der Waals surface area (Å²) < 4.78 is 5.04. The summed E-state index contributed by atoms with van der Waals surface area (Å²) in [6, 6.07) is 6.47. The van der Waals surface area contributed by atoms with Gasteiger partial charge in [0.15, 0.2) is 0 Å². The molecule has 0 bridgehead atoms. The zero-order valence-corrected chi connectivity index (χ0v) is 13.5. The molecule has 0 aliphatic rings. The van der Waals surface area contributed by atoms with Gasteiger partial charge in [-0.1, -0.05) is 17.7 Å². The van der Waals surface area contributed by atoms with E-state index in [2.05, 4.69) is 44.3 Å². The first-order valence-corrected chi connectivity index (χ1v) is 7.29. The number of nitrogens with one attached hydrogen (secondary N) is 1. The highest BCUT2D eigenvalue weighted by molar-refractivity contribution is 5.80. The first-order chi connectivity index (χ1) is 9.95. The molecule has 0 radical (unpaired) electrons. The standard InChI is InChI=1S/C16H27N3O2/c1-12(2)19(11-16(17)20)15-6-5-13(3)9-14(15)10-18-7-8-21-4/h5-6,9,12,18H,7-8,10-11H2,1-4H3,(H2,17,20). The summed E-state index contributed by atoms with van der Waals surface area (Å²) in [6.07, 6.45) is 0. The van der Waals surface area contributed by atoms with Crippen molar-refractivity contribution in [1.29, 1.82) is 0 Å². The second-order valence-corrected chi connectivity index (χ2v) is 5.49. The molecule has 0 saturated heterocycles. The van der Waals surface area contributed by atoms with E-state index < -0.39 is 0 Å². The van der Waals surface area contributed by atoms with Crippen molar-refractivity contribution in [2.45, 2.75) is 33.4 Å².